The summed E-state index contributed by atoms with van der Waals surface area (Å²) in [5, 5.41) is 0. The molecular weight excluding hydrogens is 350 g/mol. The molecule has 0 radical (unpaired) electrons. The summed E-state index contributed by atoms with van der Waals surface area (Å²) >= 11 is 3.36. The van der Waals surface area contributed by atoms with E-state index < -0.39 is 10.0 Å². The maximum absolute atomic E-state index is 12.9. The summed E-state index contributed by atoms with van der Waals surface area (Å²) < 4.78 is 28.5. The highest BCUT2D eigenvalue weighted by atomic mass is 79.9. The molecule has 1 aromatic carbocycles. The molecule has 1 atom stereocenters. The molecule has 0 aromatic heterocycles. The fourth-order valence-corrected chi connectivity index (χ4v) is 5.81. The quantitative estimate of drug-likeness (QED) is 0.798. The van der Waals surface area contributed by atoms with Crippen LogP contribution in [0.4, 0.5) is 0 Å². The van der Waals surface area contributed by atoms with Crippen LogP contribution in [0, 0.1) is 5.92 Å². The van der Waals surface area contributed by atoms with Crippen molar-refractivity contribution in [1.82, 2.24) is 4.31 Å². The molecule has 1 unspecified atom stereocenters. The van der Waals surface area contributed by atoms with Crippen molar-refractivity contribution in [3.63, 3.8) is 0 Å². The van der Waals surface area contributed by atoms with E-state index in [2.05, 4.69) is 15.9 Å². The van der Waals surface area contributed by atoms with Gasteiger partial charge in [-0.3, -0.25) is 0 Å². The molecule has 1 saturated carbocycles. The predicted molar refractivity (Wildman–Crippen MR) is 87.6 cm³/mol. The molecule has 21 heavy (non-hydrogen) atoms. The van der Waals surface area contributed by atoms with Gasteiger partial charge in [0.15, 0.2) is 0 Å². The Labute approximate surface area is 135 Å². The molecule has 1 aliphatic carbocycles. The molecule has 3 rings (SSSR count). The van der Waals surface area contributed by atoms with Crippen LogP contribution in [0.15, 0.2) is 33.6 Å². The van der Waals surface area contributed by atoms with Gasteiger partial charge in [0.1, 0.15) is 0 Å². The van der Waals surface area contributed by atoms with Gasteiger partial charge < -0.3 is 0 Å². The average molecular weight is 372 g/mol. The zero-order valence-corrected chi connectivity index (χ0v) is 14.6. The number of rotatable bonds is 3. The monoisotopic (exact) mass is 371 g/mol. The fourth-order valence-electron chi connectivity index (χ4n) is 3.80. The van der Waals surface area contributed by atoms with E-state index in [1.807, 2.05) is 0 Å². The lowest BCUT2D eigenvalue weighted by Gasteiger charge is -2.33. The van der Waals surface area contributed by atoms with E-state index in [0.29, 0.717) is 17.4 Å². The van der Waals surface area contributed by atoms with Gasteiger partial charge in [0.05, 0.1) is 4.90 Å². The highest BCUT2D eigenvalue weighted by molar-refractivity contribution is 9.10. The van der Waals surface area contributed by atoms with Crippen LogP contribution in [0.5, 0.6) is 0 Å². The van der Waals surface area contributed by atoms with Crippen molar-refractivity contribution in [2.45, 2.75) is 55.9 Å². The number of nitrogens with zero attached hydrogens (tertiary/aromatic N) is 1. The summed E-state index contributed by atoms with van der Waals surface area (Å²) in [4.78, 5) is 0.424. The van der Waals surface area contributed by atoms with Gasteiger partial charge in [-0.25, -0.2) is 8.42 Å². The zero-order chi connectivity index (χ0) is 14.9. The first kappa shape index (κ1) is 15.5. The fraction of sp³-hybridized carbons (Fsp3) is 0.625. The summed E-state index contributed by atoms with van der Waals surface area (Å²) in [6.45, 7) is 0.680. The van der Waals surface area contributed by atoms with Crippen LogP contribution in [0.25, 0.3) is 0 Å². The zero-order valence-electron chi connectivity index (χ0n) is 12.2. The van der Waals surface area contributed by atoms with E-state index in [1.165, 1.54) is 32.1 Å². The van der Waals surface area contributed by atoms with Gasteiger partial charge in [0.2, 0.25) is 10.0 Å². The van der Waals surface area contributed by atoms with E-state index in [4.69, 9.17) is 0 Å². The summed E-state index contributed by atoms with van der Waals surface area (Å²) in [6.07, 6.45) is 8.23. The Hall–Kier alpha value is -0.390. The smallest absolute Gasteiger partial charge is 0.207 e. The first-order valence-corrected chi connectivity index (χ1v) is 10.1. The molecule has 1 heterocycles. The topological polar surface area (TPSA) is 37.4 Å². The third-order valence-corrected chi connectivity index (χ3v) is 7.33. The third-order valence-electron chi connectivity index (χ3n) is 4.86. The van der Waals surface area contributed by atoms with Crippen LogP contribution in [-0.2, 0) is 10.0 Å². The Morgan fingerprint density at radius 3 is 2.29 bits per heavy atom. The lowest BCUT2D eigenvalue weighted by Crippen LogP contribution is -2.40. The second-order valence-electron chi connectivity index (χ2n) is 6.18. The lowest BCUT2D eigenvalue weighted by molar-refractivity contribution is 0.226. The van der Waals surface area contributed by atoms with Crippen molar-refractivity contribution in [1.29, 1.82) is 0 Å². The van der Waals surface area contributed by atoms with Gasteiger partial charge in [-0.05, 0) is 55.9 Å². The molecule has 0 bridgehead atoms. The minimum absolute atomic E-state index is 0.221. The molecule has 3 nitrogen and oxygen atoms in total. The molecule has 1 aliphatic heterocycles. The van der Waals surface area contributed by atoms with Crippen molar-refractivity contribution in [2.24, 2.45) is 5.92 Å². The second-order valence-corrected chi connectivity index (χ2v) is 8.98. The molecule has 116 valence electrons. The van der Waals surface area contributed by atoms with Crippen LogP contribution < -0.4 is 0 Å². The Morgan fingerprint density at radius 1 is 0.952 bits per heavy atom. The van der Waals surface area contributed by atoms with Gasteiger partial charge in [-0.1, -0.05) is 35.2 Å². The van der Waals surface area contributed by atoms with Crippen molar-refractivity contribution < 1.29 is 8.42 Å². The van der Waals surface area contributed by atoms with Crippen molar-refractivity contribution in [2.75, 3.05) is 6.54 Å². The van der Waals surface area contributed by atoms with Crippen LogP contribution in [0.2, 0.25) is 0 Å². The molecule has 1 aromatic rings. The molecule has 0 spiro atoms. The summed E-state index contributed by atoms with van der Waals surface area (Å²) in [5.41, 5.74) is 0. The van der Waals surface area contributed by atoms with Crippen LogP contribution in [0.1, 0.15) is 44.9 Å². The standard InChI is InChI=1S/C16H22BrNO2S/c17-14-8-10-15(11-9-14)21(19,20)18-12-4-7-16(18)13-5-2-1-3-6-13/h8-11,13,16H,1-7,12H2. The third kappa shape index (κ3) is 3.20. The van der Waals surface area contributed by atoms with Gasteiger partial charge in [-0.15, -0.1) is 0 Å². The first-order chi connectivity index (χ1) is 10.1. The lowest BCUT2D eigenvalue weighted by atomic mass is 9.83. The molecule has 2 fully saturated rings. The summed E-state index contributed by atoms with van der Waals surface area (Å²) in [7, 11) is -3.34. The van der Waals surface area contributed by atoms with Gasteiger partial charge in [0, 0.05) is 17.1 Å². The minimum atomic E-state index is -3.34. The summed E-state index contributed by atoms with van der Waals surface area (Å²) in [6, 6.07) is 7.24. The van der Waals surface area contributed by atoms with Crippen molar-refractivity contribution in [3.8, 4) is 0 Å². The van der Waals surface area contributed by atoms with Gasteiger partial charge >= 0.3 is 0 Å². The molecule has 2 aliphatic rings. The van der Waals surface area contributed by atoms with Crippen molar-refractivity contribution >= 4 is 26.0 Å². The van der Waals surface area contributed by atoms with Gasteiger partial charge in [-0.2, -0.15) is 4.31 Å². The highest BCUT2D eigenvalue weighted by Gasteiger charge is 2.39. The van der Waals surface area contributed by atoms with Crippen LogP contribution in [0.3, 0.4) is 0 Å². The normalized spacial score (nSPS) is 25.3. The Kier molecular flexibility index (Phi) is 4.71. The van der Waals surface area contributed by atoms with E-state index >= 15 is 0 Å². The summed E-state index contributed by atoms with van der Waals surface area (Å²) in [5.74, 6) is 0.562. The minimum Gasteiger partial charge on any atom is -0.207 e. The molecule has 1 saturated heterocycles. The van der Waals surface area contributed by atoms with E-state index in [9.17, 15) is 8.42 Å². The maximum Gasteiger partial charge on any atom is 0.243 e. The number of hydrogen-bond donors (Lipinski definition) is 0. The Bertz CT molecular complexity index is 579. The van der Waals surface area contributed by atoms with Crippen molar-refractivity contribution in [3.05, 3.63) is 28.7 Å². The van der Waals surface area contributed by atoms with E-state index in [1.54, 1.807) is 28.6 Å². The molecule has 0 amide bonds. The molecular formula is C16H22BrNO2S. The SMILES string of the molecule is O=S(=O)(c1ccc(Br)cc1)N1CCCC1C1CCCCC1. The maximum atomic E-state index is 12.9. The average Bonchev–Trinajstić information content (AvgIpc) is 2.99. The number of hydrogen-bond acceptors (Lipinski definition) is 2. The number of sulfonamides is 1. The van der Waals surface area contributed by atoms with E-state index in [-0.39, 0.29) is 6.04 Å². The molecule has 5 heteroatoms. The first-order valence-electron chi connectivity index (χ1n) is 7.86. The molecule has 0 N–H and O–H groups in total. The van der Waals surface area contributed by atoms with E-state index in [0.717, 1.165) is 17.3 Å². The largest absolute Gasteiger partial charge is 0.243 e. The predicted octanol–water partition coefficient (Wildman–Crippen LogP) is 4.18. The highest BCUT2D eigenvalue weighted by Crippen LogP contribution is 2.37. The Balaban J connectivity index is 1.84. The second kappa shape index (κ2) is 6.39. The van der Waals surface area contributed by atoms with Gasteiger partial charge in [0.25, 0.3) is 0 Å². The number of benzene rings is 1. The Morgan fingerprint density at radius 2 is 1.62 bits per heavy atom. The van der Waals surface area contributed by atoms with Crippen LogP contribution in [-0.4, -0.2) is 25.3 Å². The van der Waals surface area contributed by atoms with Crippen LogP contribution >= 0.6 is 15.9 Å². The number of halogens is 1.